The van der Waals surface area contributed by atoms with Gasteiger partial charge in [-0.1, -0.05) is 47.5 Å². The normalized spacial score (nSPS) is 14.1. The van der Waals surface area contributed by atoms with Crippen LogP contribution in [0.3, 0.4) is 0 Å². The van der Waals surface area contributed by atoms with Gasteiger partial charge in [-0.15, -0.1) is 0 Å². The molecule has 35 heavy (non-hydrogen) atoms. The summed E-state index contributed by atoms with van der Waals surface area (Å²) in [6.45, 7) is 4.98. The highest BCUT2D eigenvalue weighted by Crippen LogP contribution is 2.27. The predicted octanol–water partition coefficient (Wildman–Crippen LogP) is 5.32. The third-order valence-electron chi connectivity index (χ3n) is 5.72. The first-order chi connectivity index (χ1) is 16.9. The highest BCUT2D eigenvalue weighted by atomic mass is 35.5. The molecule has 1 aliphatic heterocycles. The lowest BCUT2D eigenvalue weighted by Gasteiger charge is -2.34. The molecule has 0 bridgehead atoms. The standard InChI is InChI=1S/C27H27ClN2O4S/c1-19-2-9-23(10-3-19)35-30-14-12-29(13-15-30)27(33)24-16-21(17-26(31)32)6-11-25(24)34-18-20-4-7-22(28)8-5-20/h2-11,16H,12-15,17-18H2,1H3,(H,31,32). The Balaban J connectivity index is 1.45. The van der Waals surface area contributed by atoms with E-state index < -0.39 is 5.97 Å². The van der Waals surface area contributed by atoms with Crippen LogP contribution in [0.5, 0.6) is 5.75 Å². The minimum atomic E-state index is -0.944. The molecule has 0 unspecified atom stereocenters. The Hall–Kier alpha value is -3.00. The number of aryl methyl sites for hydroxylation is 1. The van der Waals surface area contributed by atoms with E-state index >= 15 is 0 Å². The SMILES string of the molecule is Cc1ccc(SN2CCN(C(=O)c3cc(CC(=O)O)ccc3OCc3ccc(Cl)cc3)CC2)cc1. The maximum Gasteiger partial charge on any atom is 0.307 e. The average molecular weight is 511 g/mol. The number of rotatable bonds is 8. The molecule has 0 spiro atoms. The fourth-order valence-corrected chi connectivity index (χ4v) is 4.83. The van der Waals surface area contributed by atoms with Gasteiger partial charge in [0.2, 0.25) is 0 Å². The number of hydrogen-bond acceptors (Lipinski definition) is 5. The second-order valence-electron chi connectivity index (χ2n) is 8.44. The zero-order valence-electron chi connectivity index (χ0n) is 19.4. The maximum absolute atomic E-state index is 13.5. The largest absolute Gasteiger partial charge is 0.488 e. The molecule has 0 radical (unpaired) electrons. The van der Waals surface area contributed by atoms with E-state index in [1.165, 1.54) is 10.5 Å². The summed E-state index contributed by atoms with van der Waals surface area (Å²) < 4.78 is 8.25. The molecular weight excluding hydrogens is 484 g/mol. The van der Waals surface area contributed by atoms with Crippen LogP contribution in [0.4, 0.5) is 0 Å². The lowest BCUT2D eigenvalue weighted by Crippen LogP contribution is -2.46. The molecule has 0 saturated carbocycles. The summed E-state index contributed by atoms with van der Waals surface area (Å²) in [7, 11) is 0. The Kier molecular flexibility index (Phi) is 8.33. The fraction of sp³-hybridized carbons (Fsp3) is 0.259. The van der Waals surface area contributed by atoms with Gasteiger partial charge < -0.3 is 14.7 Å². The van der Waals surface area contributed by atoms with Gasteiger partial charge in [-0.3, -0.25) is 9.59 Å². The topological polar surface area (TPSA) is 70.1 Å². The fourth-order valence-electron chi connectivity index (χ4n) is 3.80. The number of carbonyl (C=O) groups is 2. The van der Waals surface area contributed by atoms with Gasteiger partial charge >= 0.3 is 5.97 Å². The Labute approximate surface area is 214 Å². The third kappa shape index (κ3) is 7.01. The molecule has 0 atom stereocenters. The predicted molar refractivity (Wildman–Crippen MR) is 138 cm³/mol. The Morgan fingerprint density at radius 2 is 1.60 bits per heavy atom. The molecule has 1 fully saturated rings. The second kappa shape index (κ2) is 11.6. The van der Waals surface area contributed by atoms with Crippen LogP contribution < -0.4 is 4.74 Å². The molecule has 3 aromatic rings. The summed E-state index contributed by atoms with van der Waals surface area (Å²) in [4.78, 5) is 27.7. The van der Waals surface area contributed by atoms with Crippen molar-refractivity contribution in [2.45, 2.75) is 24.8 Å². The maximum atomic E-state index is 13.5. The van der Waals surface area contributed by atoms with Gasteiger partial charge in [0, 0.05) is 36.1 Å². The van der Waals surface area contributed by atoms with E-state index in [4.69, 9.17) is 16.3 Å². The van der Waals surface area contributed by atoms with Crippen LogP contribution in [-0.4, -0.2) is 52.4 Å². The van der Waals surface area contributed by atoms with Gasteiger partial charge in [0.05, 0.1) is 12.0 Å². The summed E-state index contributed by atoms with van der Waals surface area (Å²) in [6.07, 6.45) is -0.154. The first-order valence-corrected chi connectivity index (χ1v) is 12.5. The third-order valence-corrected chi connectivity index (χ3v) is 7.08. The van der Waals surface area contributed by atoms with Crippen LogP contribution >= 0.6 is 23.5 Å². The van der Waals surface area contributed by atoms with Crippen molar-refractivity contribution in [1.29, 1.82) is 0 Å². The minimum absolute atomic E-state index is 0.150. The van der Waals surface area contributed by atoms with Crippen LogP contribution in [0.2, 0.25) is 5.02 Å². The molecule has 4 rings (SSSR count). The van der Waals surface area contributed by atoms with Gasteiger partial charge in [-0.2, -0.15) is 0 Å². The summed E-state index contributed by atoms with van der Waals surface area (Å²) in [6, 6.07) is 20.7. The number of carbonyl (C=O) groups excluding carboxylic acids is 1. The van der Waals surface area contributed by atoms with Crippen molar-refractivity contribution in [1.82, 2.24) is 9.21 Å². The highest BCUT2D eigenvalue weighted by molar-refractivity contribution is 7.97. The summed E-state index contributed by atoms with van der Waals surface area (Å²) in [5.74, 6) is -0.654. The van der Waals surface area contributed by atoms with E-state index in [0.717, 1.165) is 18.7 Å². The van der Waals surface area contributed by atoms with E-state index in [2.05, 4.69) is 35.5 Å². The van der Waals surface area contributed by atoms with Crippen LogP contribution in [0.15, 0.2) is 71.6 Å². The lowest BCUT2D eigenvalue weighted by molar-refractivity contribution is -0.136. The number of carboxylic acids is 1. The zero-order valence-corrected chi connectivity index (χ0v) is 21.0. The number of nitrogens with zero attached hydrogens (tertiary/aromatic N) is 2. The van der Waals surface area contributed by atoms with Crippen molar-refractivity contribution in [2.24, 2.45) is 0 Å². The van der Waals surface area contributed by atoms with Gasteiger partial charge in [0.1, 0.15) is 12.4 Å². The molecule has 0 aliphatic carbocycles. The molecule has 1 aliphatic rings. The first kappa shape index (κ1) is 25.1. The molecule has 182 valence electrons. The first-order valence-electron chi connectivity index (χ1n) is 11.4. The molecule has 1 N–H and O–H groups in total. The van der Waals surface area contributed by atoms with Crippen molar-refractivity contribution in [3.63, 3.8) is 0 Å². The molecule has 1 heterocycles. The van der Waals surface area contributed by atoms with Crippen LogP contribution in [0.25, 0.3) is 0 Å². The van der Waals surface area contributed by atoms with Crippen molar-refractivity contribution in [3.8, 4) is 5.75 Å². The average Bonchev–Trinajstić information content (AvgIpc) is 2.85. The van der Waals surface area contributed by atoms with Gasteiger partial charge in [-0.25, -0.2) is 4.31 Å². The molecule has 0 aromatic heterocycles. The Bertz CT molecular complexity index is 1180. The quantitative estimate of drug-likeness (QED) is 0.414. The van der Waals surface area contributed by atoms with E-state index in [9.17, 15) is 14.7 Å². The molecular formula is C27H27ClN2O4S. The number of ether oxygens (including phenoxy) is 1. The van der Waals surface area contributed by atoms with Crippen molar-refractivity contribution < 1.29 is 19.4 Å². The van der Waals surface area contributed by atoms with Gasteiger partial charge in [-0.05, 0) is 66.4 Å². The smallest absolute Gasteiger partial charge is 0.307 e. The number of piperazine rings is 1. The minimum Gasteiger partial charge on any atom is -0.488 e. The number of amides is 1. The van der Waals surface area contributed by atoms with Crippen molar-refractivity contribution in [3.05, 3.63) is 94.0 Å². The van der Waals surface area contributed by atoms with Crippen LogP contribution in [-0.2, 0) is 17.8 Å². The van der Waals surface area contributed by atoms with E-state index in [1.54, 1.807) is 47.2 Å². The molecule has 6 nitrogen and oxygen atoms in total. The van der Waals surface area contributed by atoms with Gasteiger partial charge in [0.25, 0.3) is 5.91 Å². The summed E-state index contributed by atoms with van der Waals surface area (Å²) in [5.41, 5.74) is 3.10. The summed E-state index contributed by atoms with van der Waals surface area (Å²) >= 11 is 7.66. The highest BCUT2D eigenvalue weighted by Gasteiger charge is 2.25. The number of carboxylic acid groups (broad SMARTS) is 1. The van der Waals surface area contributed by atoms with E-state index in [0.29, 0.717) is 35.0 Å². The van der Waals surface area contributed by atoms with Crippen molar-refractivity contribution in [2.75, 3.05) is 26.2 Å². The van der Waals surface area contributed by atoms with E-state index in [-0.39, 0.29) is 18.9 Å². The Morgan fingerprint density at radius 1 is 0.943 bits per heavy atom. The zero-order chi connectivity index (χ0) is 24.8. The van der Waals surface area contributed by atoms with E-state index in [1.807, 2.05) is 12.1 Å². The van der Waals surface area contributed by atoms with Crippen LogP contribution in [0.1, 0.15) is 27.0 Å². The van der Waals surface area contributed by atoms with Gasteiger partial charge in [0.15, 0.2) is 0 Å². The van der Waals surface area contributed by atoms with Crippen LogP contribution in [0, 0.1) is 6.92 Å². The Morgan fingerprint density at radius 3 is 2.26 bits per heavy atom. The summed E-state index contributed by atoms with van der Waals surface area (Å²) in [5, 5.41) is 9.85. The second-order valence-corrected chi connectivity index (χ2v) is 10.0. The molecule has 1 saturated heterocycles. The monoisotopic (exact) mass is 510 g/mol. The molecule has 1 amide bonds. The number of hydrogen-bond donors (Lipinski definition) is 1. The number of benzene rings is 3. The number of aliphatic carboxylic acids is 1. The molecule has 8 heteroatoms. The lowest BCUT2D eigenvalue weighted by atomic mass is 10.1. The van der Waals surface area contributed by atoms with Crippen molar-refractivity contribution >= 4 is 35.4 Å². The molecule has 3 aromatic carbocycles. The number of halogens is 1.